The van der Waals surface area contributed by atoms with Crippen LogP contribution in [0.5, 0.6) is 0 Å². The number of benzene rings is 1. The van der Waals surface area contributed by atoms with E-state index in [-0.39, 0.29) is 0 Å². The summed E-state index contributed by atoms with van der Waals surface area (Å²) in [5.41, 5.74) is 11.7. The first-order valence-electron chi connectivity index (χ1n) is 8.56. The Bertz CT molecular complexity index is 418. The Morgan fingerprint density at radius 3 is 1.90 bits per heavy atom. The van der Waals surface area contributed by atoms with E-state index in [1.54, 1.807) is 0 Å². The van der Waals surface area contributed by atoms with E-state index in [4.69, 9.17) is 5.73 Å². The summed E-state index contributed by atoms with van der Waals surface area (Å²) in [4.78, 5) is 2.60. The molecule has 0 fully saturated rings. The zero-order valence-corrected chi connectivity index (χ0v) is 14.7. The van der Waals surface area contributed by atoms with Crippen LogP contribution in [0.3, 0.4) is 0 Å². The van der Waals surface area contributed by atoms with E-state index in [1.807, 2.05) is 0 Å². The third-order valence-corrected chi connectivity index (χ3v) is 4.50. The van der Waals surface area contributed by atoms with E-state index in [0.717, 1.165) is 13.1 Å². The highest BCUT2D eigenvalue weighted by molar-refractivity contribution is 5.38. The smallest absolute Gasteiger partial charge is 0.0473 e. The standard InChI is InChI=1S/C19H34N2/c1-6-8-10-21(11-9-7-2)19(14-20)18-13-16(4)15(3)12-17(18)5/h12-13,19H,6-11,14,20H2,1-5H3. The minimum Gasteiger partial charge on any atom is -0.329 e. The molecule has 1 aromatic rings. The molecule has 0 aromatic heterocycles. The molecule has 0 saturated carbocycles. The highest BCUT2D eigenvalue weighted by Gasteiger charge is 2.20. The van der Waals surface area contributed by atoms with E-state index >= 15 is 0 Å². The molecule has 1 atom stereocenters. The predicted molar refractivity (Wildman–Crippen MR) is 93.8 cm³/mol. The fourth-order valence-corrected chi connectivity index (χ4v) is 2.96. The highest BCUT2D eigenvalue weighted by Crippen LogP contribution is 2.26. The first-order valence-corrected chi connectivity index (χ1v) is 8.56. The molecule has 0 aliphatic heterocycles. The molecule has 1 aromatic carbocycles. The third-order valence-electron chi connectivity index (χ3n) is 4.50. The van der Waals surface area contributed by atoms with Crippen molar-refractivity contribution in [2.75, 3.05) is 19.6 Å². The number of nitrogens with two attached hydrogens (primary N) is 1. The molecule has 0 spiro atoms. The summed E-state index contributed by atoms with van der Waals surface area (Å²) in [6.45, 7) is 14.2. The van der Waals surface area contributed by atoms with Gasteiger partial charge in [-0.15, -0.1) is 0 Å². The molecular weight excluding hydrogens is 256 g/mol. The van der Waals surface area contributed by atoms with Crippen molar-refractivity contribution in [3.8, 4) is 0 Å². The van der Waals surface area contributed by atoms with Gasteiger partial charge in [0.15, 0.2) is 0 Å². The Balaban J connectivity index is 3.03. The normalized spacial score (nSPS) is 12.9. The van der Waals surface area contributed by atoms with E-state index in [0.29, 0.717) is 12.6 Å². The lowest BCUT2D eigenvalue weighted by molar-refractivity contribution is 0.195. The van der Waals surface area contributed by atoms with Crippen LogP contribution < -0.4 is 5.73 Å². The highest BCUT2D eigenvalue weighted by atomic mass is 15.2. The van der Waals surface area contributed by atoms with Crippen LogP contribution >= 0.6 is 0 Å². The van der Waals surface area contributed by atoms with Gasteiger partial charge in [-0.1, -0.05) is 38.8 Å². The summed E-state index contributed by atoms with van der Waals surface area (Å²) < 4.78 is 0. The van der Waals surface area contributed by atoms with Crippen LogP contribution in [0.15, 0.2) is 12.1 Å². The third kappa shape index (κ3) is 5.12. The number of unbranched alkanes of at least 4 members (excludes halogenated alkanes) is 2. The van der Waals surface area contributed by atoms with Gasteiger partial charge in [-0.25, -0.2) is 0 Å². The summed E-state index contributed by atoms with van der Waals surface area (Å²) in [6, 6.07) is 5.03. The fourth-order valence-electron chi connectivity index (χ4n) is 2.96. The maximum absolute atomic E-state index is 6.16. The average Bonchev–Trinajstić information content (AvgIpc) is 2.46. The van der Waals surface area contributed by atoms with Crippen molar-refractivity contribution in [1.82, 2.24) is 4.90 Å². The van der Waals surface area contributed by atoms with Crippen molar-refractivity contribution < 1.29 is 0 Å². The zero-order valence-electron chi connectivity index (χ0n) is 14.7. The van der Waals surface area contributed by atoms with E-state index < -0.39 is 0 Å². The largest absolute Gasteiger partial charge is 0.329 e. The minimum absolute atomic E-state index is 0.363. The van der Waals surface area contributed by atoms with Crippen LogP contribution in [0, 0.1) is 20.8 Å². The van der Waals surface area contributed by atoms with Gasteiger partial charge in [0.05, 0.1) is 0 Å². The Hall–Kier alpha value is -0.860. The summed E-state index contributed by atoms with van der Waals surface area (Å²) in [7, 11) is 0. The van der Waals surface area contributed by atoms with Crippen LogP contribution in [0.2, 0.25) is 0 Å². The number of hydrogen-bond acceptors (Lipinski definition) is 2. The molecule has 0 heterocycles. The van der Waals surface area contributed by atoms with Gasteiger partial charge in [-0.2, -0.15) is 0 Å². The van der Waals surface area contributed by atoms with Crippen LogP contribution in [0.1, 0.15) is 67.8 Å². The van der Waals surface area contributed by atoms with Gasteiger partial charge in [-0.05, 0) is 69.0 Å². The second kappa shape index (κ2) is 9.22. The van der Waals surface area contributed by atoms with Gasteiger partial charge in [0, 0.05) is 12.6 Å². The van der Waals surface area contributed by atoms with Crippen LogP contribution in [0.25, 0.3) is 0 Å². The average molecular weight is 290 g/mol. The van der Waals surface area contributed by atoms with Gasteiger partial charge in [0.25, 0.3) is 0 Å². The van der Waals surface area contributed by atoms with Gasteiger partial charge in [0.2, 0.25) is 0 Å². The lowest BCUT2D eigenvalue weighted by Gasteiger charge is -2.32. The summed E-state index contributed by atoms with van der Waals surface area (Å²) >= 11 is 0. The van der Waals surface area contributed by atoms with Crippen molar-refractivity contribution >= 4 is 0 Å². The van der Waals surface area contributed by atoms with Crippen LogP contribution in [-0.2, 0) is 0 Å². The molecular formula is C19H34N2. The molecule has 2 nitrogen and oxygen atoms in total. The lowest BCUT2D eigenvalue weighted by atomic mass is 9.94. The first kappa shape index (κ1) is 18.2. The molecule has 1 rings (SSSR count). The SMILES string of the molecule is CCCCN(CCCC)C(CN)c1cc(C)c(C)cc1C. The maximum atomic E-state index is 6.16. The van der Waals surface area contributed by atoms with Gasteiger partial charge in [-0.3, -0.25) is 4.90 Å². The van der Waals surface area contributed by atoms with Crippen LogP contribution in [0.4, 0.5) is 0 Å². The molecule has 0 aliphatic carbocycles. The van der Waals surface area contributed by atoms with E-state index in [1.165, 1.54) is 47.9 Å². The van der Waals surface area contributed by atoms with Crippen molar-refractivity contribution in [3.05, 3.63) is 34.4 Å². The van der Waals surface area contributed by atoms with Gasteiger partial charge >= 0.3 is 0 Å². The second-order valence-corrected chi connectivity index (χ2v) is 6.29. The monoisotopic (exact) mass is 290 g/mol. The lowest BCUT2D eigenvalue weighted by Crippen LogP contribution is -2.35. The first-order chi connectivity index (χ1) is 10.0. The number of rotatable bonds is 9. The molecule has 21 heavy (non-hydrogen) atoms. The number of aryl methyl sites for hydroxylation is 3. The molecule has 2 N–H and O–H groups in total. The molecule has 0 saturated heterocycles. The molecule has 0 amide bonds. The number of nitrogens with zero attached hydrogens (tertiary/aromatic N) is 1. The van der Waals surface area contributed by atoms with Crippen molar-refractivity contribution in [2.24, 2.45) is 5.73 Å². The summed E-state index contributed by atoms with van der Waals surface area (Å²) in [5, 5.41) is 0. The van der Waals surface area contributed by atoms with E-state index in [2.05, 4.69) is 51.7 Å². The molecule has 0 radical (unpaired) electrons. The van der Waals surface area contributed by atoms with Gasteiger partial charge < -0.3 is 5.73 Å². The fraction of sp³-hybridized carbons (Fsp3) is 0.684. The summed E-state index contributed by atoms with van der Waals surface area (Å²) in [6.07, 6.45) is 4.99. The summed E-state index contributed by atoms with van der Waals surface area (Å²) in [5.74, 6) is 0. The molecule has 0 aliphatic rings. The Labute approximate surface area is 131 Å². The number of hydrogen-bond donors (Lipinski definition) is 1. The molecule has 120 valence electrons. The zero-order chi connectivity index (χ0) is 15.8. The van der Waals surface area contributed by atoms with Crippen molar-refractivity contribution in [3.63, 3.8) is 0 Å². The Kier molecular flexibility index (Phi) is 7.98. The maximum Gasteiger partial charge on any atom is 0.0473 e. The molecule has 2 heteroatoms. The topological polar surface area (TPSA) is 29.3 Å². The van der Waals surface area contributed by atoms with Gasteiger partial charge in [0.1, 0.15) is 0 Å². The van der Waals surface area contributed by atoms with Crippen molar-refractivity contribution in [1.29, 1.82) is 0 Å². The molecule has 0 bridgehead atoms. The van der Waals surface area contributed by atoms with Crippen LogP contribution in [-0.4, -0.2) is 24.5 Å². The predicted octanol–water partition coefficient (Wildman–Crippen LogP) is 4.51. The Morgan fingerprint density at radius 2 is 1.43 bits per heavy atom. The Morgan fingerprint density at radius 1 is 0.905 bits per heavy atom. The van der Waals surface area contributed by atoms with E-state index in [9.17, 15) is 0 Å². The quantitative estimate of drug-likeness (QED) is 0.725. The second-order valence-electron chi connectivity index (χ2n) is 6.29. The van der Waals surface area contributed by atoms with Crippen molar-refractivity contribution in [2.45, 2.75) is 66.3 Å². The molecule has 1 unspecified atom stereocenters. The minimum atomic E-state index is 0.363.